The van der Waals surface area contributed by atoms with Crippen LogP contribution in [0.3, 0.4) is 0 Å². The number of hydrogen-bond acceptors (Lipinski definition) is 14. The average molecular weight is 654 g/mol. The molecule has 7 atom stereocenters. The number of esters is 2. The Labute approximate surface area is 269 Å². The quantitative estimate of drug-likeness (QED) is 0.276. The summed E-state index contributed by atoms with van der Waals surface area (Å²) in [5.74, 6) is 1.09. The number of aryl methyl sites for hydroxylation is 1. The number of hydrogen-bond donors (Lipinski definition) is 2. The highest BCUT2D eigenvalue weighted by molar-refractivity contribution is 7.99. The second kappa shape index (κ2) is 11.8. The van der Waals surface area contributed by atoms with Gasteiger partial charge in [-0.1, -0.05) is 6.07 Å². The molecular formula is C32H35N3O10S. The summed E-state index contributed by atoms with van der Waals surface area (Å²) in [4.78, 5) is 27.6. The van der Waals surface area contributed by atoms with E-state index in [0.717, 1.165) is 16.7 Å². The number of carbonyl (C=O) groups excluding carboxylic acids is 2. The van der Waals surface area contributed by atoms with Crippen LogP contribution < -0.4 is 29.0 Å². The highest BCUT2D eigenvalue weighted by Gasteiger charge is 2.59. The van der Waals surface area contributed by atoms with Crippen LogP contribution in [0.1, 0.15) is 57.6 Å². The summed E-state index contributed by atoms with van der Waals surface area (Å²) in [6, 6.07) is 2.09. The fourth-order valence-electron chi connectivity index (χ4n) is 7.80. The SMILES string of the molecule is COCOc1c(OC)c(C)cc2c1[C@@H]1N[C@@H](C2)[C@H](C#N)N2C1[C@@H]1SC[C@H](O)C(=O)OC[C@H]2c2c3c(c(C)c(OC(C)=O)c21)OCO3. The smallest absolute Gasteiger partial charge is 0.335 e. The molecule has 5 aliphatic heterocycles. The number of carbonyl (C=O) groups is 2. The van der Waals surface area contributed by atoms with Crippen LogP contribution in [-0.2, 0) is 25.5 Å². The minimum Gasteiger partial charge on any atom is -0.493 e. The first-order valence-electron chi connectivity index (χ1n) is 15.1. The van der Waals surface area contributed by atoms with E-state index in [0.29, 0.717) is 51.9 Å². The number of aliphatic hydroxyl groups is 1. The Kier molecular flexibility index (Phi) is 7.93. The summed E-state index contributed by atoms with van der Waals surface area (Å²) >= 11 is 1.34. The van der Waals surface area contributed by atoms with Crippen LogP contribution >= 0.6 is 11.8 Å². The number of nitrogens with zero attached hydrogens (tertiary/aromatic N) is 2. The molecule has 13 nitrogen and oxygen atoms in total. The van der Waals surface area contributed by atoms with Crippen molar-refractivity contribution in [3.8, 4) is 34.8 Å². The van der Waals surface area contributed by atoms with Gasteiger partial charge in [0.25, 0.3) is 0 Å². The van der Waals surface area contributed by atoms with E-state index >= 15 is 0 Å². The van der Waals surface area contributed by atoms with Crippen molar-refractivity contribution in [3.63, 3.8) is 0 Å². The van der Waals surface area contributed by atoms with Crippen LogP contribution in [-0.4, -0.2) is 86.3 Å². The van der Waals surface area contributed by atoms with Crippen molar-refractivity contribution in [2.45, 2.75) is 68.8 Å². The Morgan fingerprint density at radius 1 is 1.15 bits per heavy atom. The van der Waals surface area contributed by atoms with E-state index in [4.69, 9.17) is 33.2 Å². The molecule has 4 bridgehead atoms. The molecule has 1 unspecified atom stereocenters. The van der Waals surface area contributed by atoms with Gasteiger partial charge in [0.05, 0.1) is 30.5 Å². The van der Waals surface area contributed by atoms with Crippen LogP contribution in [0.4, 0.5) is 0 Å². The van der Waals surface area contributed by atoms with E-state index in [-0.39, 0.29) is 32.0 Å². The molecule has 2 N–H and O–H groups in total. The summed E-state index contributed by atoms with van der Waals surface area (Å²) in [6.45, 7) is 4.87. The van der Waals surface area contributed by atoms with Crippen molar-refractivity contribution in [1.29, 1.82) is 5.26 Å². The molecule has 46 heavy (non-hydrogen) atoms. The highest BCUT2D eigenvalue weighted by Crippen LogP contribution is 2.62. The summed E-state index contributed by atoms with van der Waals surface area (Å²) in [5, 5.41) is 24.8. The maximum atomic E-state index is 12.9. The third-order valence-corrected chi connectivity index (χ3v) is 10.8. The number of aliphatic hydroxyl groups excluding tert-OH is 1. The zero-order valence-electron chi connectivity index (χ0n) is 26.1. The Morgan fingerprint density at radius 3 is 2.65 bits per heavy atom. The molecule has 2 fully saturated rings. The van der Waals surface area contributed by atoms with E-state index in [1.54, 1.807) is 14.2 Å². The Hall–Kier alpha value is -3.74. The molecule has 0 radical (unpaired) electrons. The minimum absolute atomic E-state index is 0.00454. The van der Waals surface area contributed by atoms with Gasteiger partial charge in [-0.15, -0.1) is 11.8 Å². The number of cyclic esters (lactones) is 1. The van der Waals surface area contributed by atoms with Crippen LogP contribution in [0.5, 0.6) is 28.7 Å². The number of fused-ring (bicyclic) bond motifs is 9. The van der Waals surface area contributed by atoms with Gasteiger partial charge in [0.15, 0.2) is 35.9 Å². The molecule has 244 valence electrons. The average Bonchev–Trinajstić information content (AvgIpc) is 3.53. The third kappa shape index (κ3) is 4.59. The fraction of sp³-hybridized carbons (Fsp3) is 0.531. The van der Waals surface area contributed by atoms with Gasteiger partial charge >= 0.3 is 11.9 Å². The predicted octanol–water partition coefficient (Wildman–Crippen LogP) is 2.53. The number of benzene rings is 2. The highest BCUT2D eigenvalue weighted by atomic mass is 32.2. The largest absolute Gasteiger partial charge is 0.493 e. The molecule has 2 saturated heterocycles. The lowest BCUT2D eigenvalue weighted by Gasteiger charge is -2.59. The number of nitrogens with one attached hydrogen (secondary N) is 1. The van der Waals surface area contributed by atoms with E-state index in [1.165, 1.54) is 18.7 Å². The zero-order chi connectivity index (χ0) is 32.4. The van der Waals surface area contributed by atoms with Crippen molar-refractivity contribution in [2.24, 2.45) is 0 Å². The van der Waals surface area contributed by atoms with E-state index in [2.05, 4.69) is 22.4 Å². The molecule has 2 aromatic carbocycles. The van der Waals surface area contributed by atoms with Crippen molar-refractivity contribution < 1.29 is 47.9 Å². The third-order valence-electron chi connectivity index (χ3n) is 9.43. The second-order valence-corrected chi connectivity index (χ2v) is 13.2. The van der Waals surface area contributed by atoms with Crippen molar-refractivity contribution >= 4 is 23.7 Å². The zero-order valence-corrected chi connectivity index (χ0v) is 26.9. The molecule has 0 amide bonds. The number of rotatable bonds is 5. The number of thioether (sulfide) groups is 1. The van der Waals surface area contributed by atoms with Crippen LogP contribution in [0.2, 0.25) is 0 Å². The van der Waals surface area contributed by atoms with E-state index in [1.807, 2.05) is 13.8 Å². The molecule has 0 saturated carbocycles. The van der Waals surface area contributed by atoms with Crippen molar-refractivity contribution in [3.05, 3.63) is 39.4 Å². The molecule has 5 aliphatic rings. The lowest BCUT2D eigenvalue weighted by molar-refractivity contribution is -0.156. The topological polar surface area (TPSA) is 158 Å². The molecule has 0 spiro atoms. The maximum absolute atomic E-state index is 12.9. The van der Waals surface area contributed by atoms with Crippen LogP contribution in [0.15, 0.2) is 6.07 Å². The standard InChI is InChI=1S/C32H35N3O10S/c1-13-6-16-7-17-18(8-33)35-19-9-41-32(38)20(37)10-46-31(25(35)24(34-17)21(16)29(26(13)40-5)42-11-39-4)23-22(19)30-28(43-12-44-30)14(2)27(23)45-15(3)36/h6,17-20,24-25,31,34,37H,7,9-12H2,1-5H3/t17-,18-,19-,20-,24-,25?,31+/m0/s1. The Morgan fingerprint density at radius 2 is 1.93 bits per heavy atom. The number of nitriles is 1. The van der Waals surface area contributed by atoms with Crippen molar-refractivity contribution in [1.82, 2.24) is 10.2 Å². The van der Waals surface area contributed by atoms with Gasteiger partial charge < -0.3 is 43.6 Å². The summed E-state index contributed by atoms with van der Waals surface area (Å²) < 4.78 is 41.0. The molecule has 14 heteroatoms. The number of ether oxygens (including phenoxy) is 7. The first kappa shape index (κ1) is 30.9. The van der Waals surface area contributed by atoms with Gasteiger partial charge in [-0.05, 0) is 31.4 Å². The predicted molar refractivity (Wildman–Crippen MR) is 162 cm³/mol. The Balaban J connectivity index is 1.53. The fourth-order valence-corrected chi connectivity index (χ4v) is 9.22. The first-order valence-corrected chi connectivity index (χ1v) is 16.1. The monoisotopic (exact) mass is 653 g/mol. The molecule has 0 aromatic heterocycles. The normalized spacial score (nSPS) is 29.1. The van der Waals surface area contributed by atoms with Gasteiger partial charge in [0.2, 0.25) is 6.79 Å². The molecule has 5 heterocycles. The molecule has 2 aromatic rings. The van der Waals surface area contributed by atoms with Crippen LogP contribution in [0, 0.1) is 25.2 Å². The lowest BCUT2D eigenvalue weighted by atomic mass is 9.72. The van der Waals surface area contributed by atoms with Gasteiger partial charge in [-0.2, -0.15) is 5.26 Å². The number of piperazine rings is 1. The Bertz CT molecular complexity index is 1660. The summed E-state index contributed by atoms with van der Waals surface area (Å²) in [5.41, 5.74) is 4.70. The van der Waals surface area contributed by atoms with E-state index < -0.39 is 47.5 Å². The van der Waals surface area contributed by atoms with Crippen LogP contribution in [0.25, 0.3) is 0 Å². The van der Waals surface area contributed by atoms with Gasteiger partial charge in [0.1, 0.15) is 18.4 Å². The molecular weight excluding hydrogens is 618 g/mol. The second-order valence-electron chi connectivity index (χ2n) is 12.0. The minimum atomic E-state index is -1.38. The number of methoxy groups -OCH3 is 2. The van der Waals surface area contributed by atoms with E-state index in [9.17, 15) is 20.0 Å². The summed E-state index contributed by atoms with van der Waals surface area (Å²) in [7, 11) is 3.14. The maximum Gasteiger partial charge on any atom is 0.335 e. The molecule has 7 rings (SSSR count). The lowest BCUT2D eigenvalue weighted by Crippen LogP contribution is -2.69. The first-order chi connectivity index (χ1) is 22.2. The van der Waals surface area contributed by atoms with Gasteiger partial charge in [0, 0.05) is 54.1 Å². The van der Waals surface area contributed by atoms with Gasteiger partial charge in [-0.3, -0.25) is 9.69 Å². The van der Waals surface area contributed by atoms with Crippen molar-refractivity contribution in [2.75, 3.05) is 40.2 Å². The van der Waals surface area contributed by atoms with Gasteiger partial charge in [-0.25, -0.2) is 4.79 Å². The summed E-state index contributed by atoms with van der Waals surface area (Å²) in [6.07, 6.45) is -0.853. The molecule has 0 aliphatic carbocycles.